The number of ketones is 1. The number of benzene rings is 1. The molecule has 0 N–H and O–H groups in total. The molecule has 1 heterocycles. The van der Waals surface area contributed by atoms with Crippen molar-refractivity contribution in [2.24, 2.45) is 0 Å². The predicted molar refractivity (Wildman–Crippen MR) is 72.4 cm³/mol. The molecule has 1 aromatic carbocycles. The number of nitrogens with zero attached hydrogens (tertiary/aromatic N) is 2. The maximum Gasteiger partial charge on any atom is 0.311 e. The normalized spacial score (nSPS) is 10.1. The summed E-state index contributed by atoms with van der Waals surface area (Å²) in [5.41, 5.74) is 0.170. The van der Waals surface area contributed by atoms with E-state index in [-0.39, 0.29) is 23.1 Å². The van der Waals surface area contributed by atoms with E-state index in [1.807, 2.05) is 0 Å². The second kappa shape index (κ2) is 5.66. The average molecular weight is 293 g/mol. The summed E-state index contributed by atoms with van der Waals surface area (Å²) < 4.78 is 5.35. The lowest BCUT2D eigenvalue weighted by molar-refractivity contribution is -0.385. The first kappa shape index (κ1) is 14.0. The average Bonchev–Trinajstić information content (AvgIpc) is 2.38. The zero-order chi connectivity index (χ0) is 14.7. The van der Waals surface area contributed by atoms with Crippen LogP contribution in [0.25, 0.3) is 0 Å². The Balaban J connectivity index is 2.39. The predicted octanol–water partition coefficient (Wildman–Crippen LogP) is 3.64. The molecule has 0 atom stereocenters. The summed E-state index contributed by atoms with van der Waals surface area (Å²) >= 11 is 5.79. The largest absolute Gasteiger partial charge is 0.432 e. The van der Waals surface area contributed by atoms with Gasteiger partial charge in [-0.2, -0.15) is 0 Å². The molecule has 0 spiro atoms. The van der Waals surface area contributed by atoms with E-state index in [4.69, 9.17) is 16.3 Å². The van der Waals surface area contributed by atoms with E-state index in [0.717, 1.165) is 0 Å². The molecule has 0 saturated heterocycles. The van der Waals surface area contributed by atoms with E-state index >= 15 is 0 Å². The molecular weight excluding hydrogens is 284 g/mol. The van der Waals surface area contributed by atoms with Crippen LogP contribution in [-0.4, -0.2) is 15.7 Å². The Morgan fingerprint density at radius 3 is 2.75 bits per heavy atom. The molecule has 0 aliphatic rings. The Hall–Kier alpha value is -2.47. The van der Waals surface area contributed by atoms with Crippen molar-refractivity contribution in [1.29, 1.82) is 0 Å². The van der Waals surface area contributed by atoms with Gasteiger partial charge in [0.15, 0.2) is 5.78 Å². The lowest BCUT2D eigenvalue weighted by Gasteiger charge is -2.06. The minimum Gasteiger partial charge on any atom is -0.432 e. The van der Waals surface area contributed by atoms with Crippen molar-refractivity contribution < 1.29 is 14.5 Å². The Morgan fingerprint density at radius 2 is 2.10 bits per heavy atom. The SMILES string of the molecule is CC(=O)c1ccnc(Oc2cc(Cl)ccc2[N+](=O)[O-])c1. The summed E-state index contributed by atoms with van der Waals surface area (Å²) in [4.78, 5) is 25.5. The monoisotopic (exact) mass is 292 g/mol. The van der Waals surface area contributed by atoms with Crippen LogP contribution in [0.4, 0.5) is 5.69 Å². The van der Waals surface area contributed by atoms with E-state index in [1.165, 1.54) is 43.5 Å². The molecule has 0 amide bonds. The molecule has 0 saturated carbocycles. The lowest BCUT2D eigenvalue weighted by Crippen LogP contribution is -1.97. The molecule has 7 heteroatoms. The van der Waals surface area contributed by atoms with Gasteiger partial charge in [0.2, 0.25) is 11.6 Å². The van der Waals surface area contributed by atoms with Crippen molar-refractivity contribution in [3.05, 3.63) is 57.2 Å². The van der Waals surface area contributed by atoms with Crippen LogP contribution in [0, 0.1) is 10.1 Å². The molecule has 0 aliphatic heterocycles. The fourth-order valence-electron chi connectivity index (χ4n) is 1.52. The van der Waals surface area contributed by atoms with Crippen molar-refractivity contribution in [3.8, 4) is 11.6 Å². The van der Waals surface area contributed by atoms with E-state index < -0.39 is 4.92 Å². The summed E-state index contributed by atoms with van der Waals surface area (Å²) in [6.45, 7) is 1.40. The zero-order valence-electron chi connectivity index (χ0n) is 10.4. The van der Waals surface area contributed by atoms with E-state index in [0.29, 0.717) is 10.6 Å². The second-order valence-electron chi connectivity index (χ2n) is 3.91. The highest BCUT2D eigenvalue weighted by molar-refractivity contribution is 6.30. The third-order valence-electron chi connectivity index (χ3n) is 2.47. The van der Waals surface area contributed by atoms with Crippen LogP contribution in [0.3, 0.4) is 0 Å². The molecule has 2 rings (SSSR count). The number of aromatic nitrogens is 1. The number of hydrogen-bond donors (Lipinski definition) is 0. The van der Waals surface area contributed by atoms with Gasteiger partial charge < -0.3 is 4.74 Å². The van der Waals surface area contributed by atoms with Crippen molar-refractivity contribution in [2.45, 2.75) is 6.92 Å². The first-order chi connectivity index (χ1) is 9.47. The van der Waals surface area contributed by atoms with Crippen LogP contribution in [0.15, 0.2) is 36.5 Å². The molecule has 0 radical (unpaired) electrons. The van der Waals surface area contributed by atoms with Crippen LogP contribution in [-0.2, 0) is 0 Å². The summed E-state index contributed by atoms with van der Waals surface area (Å²) in [6.07, 6.45) is 1.39. The maximum absolute atomic E-state index is 11.3. The van der Waals surface area contributed by atoms with Gasteiger partial charge in [0.25, 0.3) is 0 Å². The highest BCUT2D eigenvalue weighted by Gasteiger charge is 2.17. The first-order valence-corrected chi connectivity index (χ1v) is 5.94. The molecule has 1 aromatic heterocycles. The Kier molecular flexibility index (Phi) is 3.95. The minimum atomic E-state index is -0.583. The highest BCUT2D eigenvalue weighted by Crippen LogP contribution is 2.33. The van der Waals surface area contributed by atoms with Gasteiger partial charge in [-0.1, -0.05) is 11.6 Å². The van der Waals surface area contributed by atoms with Gasteiger partial charge in [-0.05, 0) is 19.1 Å². The van der Waals surface area contributed by atoms with Crippen LogP contribution in [0.2, 0.25) is 5.02 Å². The molecule has 102 valence electrons. The van der Waals surface area contributed by atoms with Gasteiger partial charge in [0.1, 0.15) is 0 Å². The molecule has 0 bridgehead atoms. The fourth-order valence-corrected chi connectivity index (χ4v) is 1.68. The summed E-state index contributed by atoms with van der Waals surface area (Å²) in [5.74, 6) is -0.100. The molecule has 0 fully saturated rings. The maximum atomic E-state index is 11.3. The van der Waals surface area contributed by atoms with Crippen molar-refractivity contribution in [1.82, 2.24) is 4.98 Å². The van der Waals surface area contributed by atoms with Crippen LogP contribution in [0.5, 0.6) is 11.6 Å². The summed E-state index contributed by atoms with van der Waals surface area (Å²) in [5, 5.41) is 11.2. The Morgan fingerprint density at radius 1 is 1.35 bits per heavy atom. The molecular formula is C13H9ClN2O4. The standard InChI is InChI=1S/C13H9ClN2O4/c1-8(17)9-4-5-15-13(6-9)20-12-7-10(14)2-3-11(12)16(18)19/h2-7H,1H3. The third kappa shape index (κ3) is 3.10. The number of hydrogen-bond acceptors (Lipinski definition) is 5. The number of carbonyl (C=O) groups is 1. The number of rotatable bonds is 4. The fraction of sp³-hybridized carbons (Fsp3) is 0.0769. The van der Waals surface area contributed by atoms with Crippen LogP contribution < -0.4 is 4.74 Å². The smallest absolute Gasteiger partial charge is 0.311 e. The molecule has 0 unspecified atom stereocenters. The van der Waals surface area contributed by atoms with E-state index in [1.54, 1.807) is 0 Å². The number of carbonyl (C=O) groups excluding carboxylic acids is 1. The number of halogens is 1. The van der Waals surface area contributed by atoms with Gasteiger partial charge in [-0.15, -0.1) is 0 Å². The number of ether oxygens (including phenoxy) is 1. The lowest BCUT2D eigenvalue weighted by atomic mass is 10.2. The van der Waals surface area contributed by atoms with Gasteiger partial charge >= 0.3 is 5.69 Å². The van der Waals surface area contributed by atoms with E-state index in [9.17, 15) is 14.9 Å². The second-order valence-corrected chi connectivity index (χ2v) is 4.35. The van der Waals surface area contributed by atoms with Crippen molar-refractivity contribution >= 4 is 23.1 Å². The summed E-state index contributed by atoms with van der Waals surface area (Å²) in [6, 6.07) is 6.90. The van der Waals surface area contributed by atoms with E-state index in [2.05, 4.69) is 4.98 Å². The Bertz CT molecular complexity index is 688. The number of nitro benzene ring substituents is 1. The van der Waals surface area contributed by atoms with Gasteiger partial charge in [0.05, 0.1) is 4.92 Å². The third-order valence-corrected chi connectivity index (χ3v) is 2.71. The Labute approximate surface area is 119 Å². The number of Topliss-reactive ketones (excluding diaryl/α,β-unsaturated/α-hetero) is 1. The molecule has 6 nitrogen and oxygen atoms in total. The number of nitro groups is 1. The highest BCUT2D eigenvalue weighted by atomic mass is 35.5. The number of pyridine rings is 1. The topological polar surface area (TPSA) is 82.3 Å². The first-order valence-electron chi connectivity index (χ1n) is 5.56. The van der Waals surface area contributed by atoms with Gasteiger partial charge in [-0.25, -0.2) is 4.98 Å². The van der Waals surface area contributed by atoms with Crippen molar-refractivity contribution in [3.63, 3.8) is 0 Å². The molecule has 0 aliphatic carbocycles. The van der Waals surface area contributed by atoms with Crippen LogP contribution >= 0.6 is 11.6 Å². The zero-order valence-corrected chi connectivity index (χ0v) is 11.1. The van der Waals surface area contributed by atoms with Crippen molar-refractivity contribution in [2.75, 3.05) is 0 Å². The summed E-state index contributed by atoms with van der Waals surface area (Å²) in [7, 11) is 0. The molecule has 20 heavy (non-hydrogen) atoms. The quantitative estimate of drug-likeness (QED) is 0.488. The van der Waals surface area contributed by atoms with Crippen LogP contribution in [0.1, 0.15) is 17.3 Å². The van der Waals surface area contributed by atoms with Gasteiger partial charge in [0, 0.05) is 35.0 Å². The van der Waals surface area contributed by atoms with Gasteiger partial charge in [-0.3, -0.25) is 14.9 Å². The molecule has 2 aromatic rings. The minimum absolute atomic E-state index is 0.0318.